The Labute approximate surface area is 77.3 Å². The zero-order valence-electron chi connectivity index (χ0n) is 6.61. The lowest BCUT2D eigenvalue weighted by Crippen LogP contribution is -2.10. The predicted molar refractivity (Wildman–Crippen MR) is 43.6 cm³/mol. The van der Waals surface area contributed by atoms with Crippen molar-refractivity contribution in [2.75, 3.05) is 7.11 Å². The summed E-state index contributed by atoms with van der Waals surface area (Å²) in [6.07, 6.45) is -2.73. The number of aromatic amines is 1. The lowest BCUT2D eigenvalue weighted by molar-refractivity contribution is 0.146. The fraction of sp³-hybridized carbons (Fsp3) is 0.286. The standard InChI is InChI=1S/C7H6ClF2NO2/c1-13-7-3(5(9)10)2-4(8)6(12)11-7/h2,5H,1H3,(H,11,12). The van der Waals surface area contributed by atoms with Crippen LogP contribution in [-0.2, 0) is 0 Å². The number of hydrogen-bond acceptors (Lipinski definition) is 2. The number of halogens is 3. The summed E-state index contributed by atoms with van der Waals surface area (Å²) in [6, 6.07) is 0.893. The molecule has 0 spiro atoms. The van der Waals surface area contributed by atoms with Crippen molar-refractivity contribution in [3.8, 4) is 5.88 Å². The highest BCUT2D eigenvalue weighted by Gasteiger charge is 2.16. The van der Waals surface area contributed by atoms with Crippen LogP contribution in [0.2, 0.25) is 5.02 Å². The van der Waals surface area contributed by atoms with E-state index in [4.69, 9.17) is 11.6 Å². The number of alkyl halides is 2. The van der Waals surface area contributed by atoms with E-state index in [0.717, 1.165) is 6.07 Å². The van der Waals surface area contributed by atoms with Gasteiger partial charge in [-0.05, 0) is 6.07 Å². The molecule has 1 N–H and O–H groups in total. The molecule has 1 rings (SSSR count). The van der Waals surface area contributed by atoms with Crippen molar-refractivity contribution in [2.24, 2.45) is 0 Å². The van der Waals surface area contributed by atoms with Crippen molar-refractivity contribution in [1.29, 1.82) is 0 Å². The lowest BCUT2D eigenvalue weighted by Gasteiger charge is -2.06. The summed E-state index contributed by atoms with van der Waals surface area (Å²) in [5.74, 6) is -0.260. The quantitative estimate of drug-likeness (QED) is 0.809. The molecule has 3 nitrogen and oxygen atoms in total. The third-order valence-electron chi connectivity index (χ3n) is 1.43. The highest BCUT2D eigenvalue weighted by Crippen LogP contribution is 2.27. The van der Waals surface area contributed by atoms with Gasteiger partial charge in [0.15, 0.2) is 0 Å². The smallest absolute Gasteiger partial charge is 0.269 e. The van der Waals surface area contributed by atoms with Gasteiger partial charge < -0.3 is 4.74 Å². The maximum atomic E-state index is 12.3. The van der Waals surface area contributed by atoms with Crippen molar-refractivity contribution in [3.63, 3.8) is 0 Å². The highest BCUT2D eigenvalue weighted by atomic mass is 35.5. The molecule has 1 aromatic rings. The molecule has 0 aliphatic rings. The number of pyridine rings is 1. The summed E-state index contributed by atoms with van der Waals surface area (Å²) in [4.78, 5) is 12.9. The molecule has 0 saturated carbocycles. The molecule has 1 aromatic heterocycles. The van der Waals surface area contributed by atoms with Crippen LogP contribution in [0.3, 0.4) is 0 Å². The van der Waals surface area contributed by atoms with E-state index in [9.17, 15) is 13.6 Å². The Kier molecular flexibility index (Phi) is 2.87. The number of hydrogen-bond donors (Lipinski definition) is 1. The molecule has 1 heterocycles. The summed E-state index contributed by atoms with van der Waals surface area (Å²) < 4.78 is 29.1. The Hall–Kier alpha value is -1.10. The second-order valence-electron chi connectivity index (χ2n) is 2.24. The molecule has 0 atom stereocenters. The number of methoxy groups -OCH3 is 1. The maximum absolute atomic E-state index is 12.3. The van der Waals surface area contributed by atoms with Gasteiger partial charge in [0.25, 0.3) is 12.0 Å². The molecule has 0 amide bonds. The van der Waals surface area contributed by atoms with E-state index in [0.29, 0.717) is 0 Å². The first-order valence-corrected chi connectivity index (χ1v) is 3.69. The van der Waals surface area contributed by atoms with Crippen molar-refractivity contribution < 1.29 is 13.5 Å². The number of nitrogens with one attached hydrogen (secondary N) is 1. The number of aromatic nitrogens is 1. The third kappa shape index (κ3) is 1.98. The molecular formula is C7H6ClF2NO2. The average Bonchev–Trinajstić information content (AvgIpc) is 2.08. The van der Waals surface area contributed by atoms with Crippen LogP contribution in [0.4, 0.5) is 8.78 Å². The van der Waals surface area contributed by atoms with E-state index in [-0.39, 0.29) is 10.9 Å². The minimum Gasteiger partial charge on any atom is -0.482 e. The normalized spacial score (nSPS) is 10.5. The number of ether oxygens (including phenoxy) is 1. The third-order valence-corrected chi connectivity index (χ3v) is 1.71. The fourth-order valence-corrected chi connectivity index (χ4v) is 0.998. The Morgan fingerprint density at radius 2 is 2.23 bits per heavy atom. The van der Waals surface area contributed by atoms with Crippen LogP contribution < -0.4 is 10.3 Å². The zero-order valence-corrected chi connectivity index (χ0v) is 7.36. The summed E-state index contributed by atoms with van der Waals surface area (Å²) in [5.41, 5.74) is -1.07. The SMILES string of the molecule is COc1[nH]c(=O)c(Cl)cc1C(F)F. The second-order valence-corrected chi connectivity index (χ2v) is 2.64. The summed E-state index contributed by atoms with van der Waals surface area (Å²) in [5, 5.41) is -0.281. The summed E-state index contributed by atoms with van der Waals surface area (Å²) >= 11 is 5.35. The molecule has 0 saturated heterocycles. The Morgan fingerprint density at radius 1 is 1.62 bits per heavy atom. The molecule has 13 heavy (non-hydrogen) atoms. The molecular weight excluding hydrogens is 204 g/mol. The van der Waals surface area contributed by atoms with Crippen LogP contribution in [0, 0.1) is 0 Å². The van der Waals surface area contributed by atoms with Gasteiger partial charge in [-0.2, -0.15) is 0 Å². The first-order valence-electron chi connectivity index (χ1n) is 3.31. The van der Waals surface area contributed by atoms with Crippen LogP contribution in [0.15, 0.2) is 10.9 Å². The zero-order chi connectivity index (χ0) is 10.0. The summed E-state index contributed by atoms with van der Waals surface area (Å²) in [6.45, 7) is 0. The van der Waals surface area contributed by atoms with Gasteiger partial charge in [0, 0.05) is 0 Å². The number of rotatable bonds is 2. The van der Waals surface area contributed by atoms with Crippen LogP contribution in [0.1, 0.15) is 12.0 Å². The molecule has 0 unspecified atom stereocenters. The topological polar surface area (TPSA) is 42.1 Å². The number of H-pyrrole nitrogens is 1. The van der Waals surface area contributed by atoms with Crippen molar-refractivity contribution in [3.05, 3.63) is 27.0 Å². The fourth-order valence-electron chi connectivity index (χ4n) is 0.834. The molecule has 0 fully saturated rings. The van der Waals surface area contributed by atoms with Crippen LogP contribution >= 0.6 is 11.6 Å². The average molecular weight is 210 g/mol. The molecule has 6 heteroatoms. The van der Waals surface area contributed by atoms with Gasteiger partial charge in [-0.25, -0.2) is 8.78 Å². The van der Waals surface area contributed by atoms with E-state index in [1.54, 1.807) is 0 Å². The molecule has 0 aromatic carbocycles. The van der Waals surface area contributed by atoms with Gasteiger partial charge in [0.05, 0.1) is 12.7 Å². The lowest BCUT2D eigenvalue weighted by atomic mass is 10.3. The van der Waals surface area contributed by atoms with E-state index in [1.807, 2.05) is 0 Å². The second kappa shape index (κ2) is 3.74. The Bertz CT molecular complexity index is 364. The van der Waals surface area contributed by atoms with E-state index in [1.165, 1.54) is 7.11 Å². The van der Waals surface area contributed by atoms with Crippen molar-refractivity contribution in [1.82, 2.24) is 4.98 Å². The van der Waals surface area contributed by atoms with Gasteiger partial charge in [0.1, 0.15) is 5.02 Å². The molecule has 0 bridgehead atoms. The first kappa shape index (κ1) is 9.98. The van der Waals surface area contributed by atoms with E-state index >= 15 is 0 Å². The molecule has 72 valence electrons. The van der Waals surface area contributed by atoms with E-state index in [2.05, 4.69) is 9.72 Å². The van der Waals surface area contributed by atoms with Crippen molar-refractivity contribution >= 4 is 11.6 Å². The molecule has 0 radical (unpaired) electrons. The van der Waals surface area contributed by atoms with Gasteiger partial charge in [-0.1, -0.05) is 11.6 Å². The minimum absolute atomic E-state index is 0.260. The largest absolute Gasteiger partial charge is 0.482 e. The molecule has 0 aliphatic carbocycles. The minimum atomic E-state index is -2.73. The van der Waals surface area contributed by atoms with Gasteiger partial charge in [-0.15, -0.1) is 0 Å². The van der Waals surface area contributed by atoms with Gasteiger partial charge in [-0.3, -0.25) is 9.78 Å². The van der Waals surface area contributed by atoms with Crippen LogP contribution in [-0.4, -0.2) is 12.1 Å². The van der Waals surface area contributed by atoms with Gasteiger partial charge >= 0.3 is 0 Å². The van der Waals surface area contributed by atoms with Crippen molar-refractivity contribution in [2.45, 2.75) is 6.43 Å². The predicted octanol–water partition coefficient (Wildman–Crippen LogP) is 1.97. The molecule has 0 aliphatic heterocycles. The Balaban J connectivity index is 3.33. The Morgan fingerprint density at radius 3 is 2.69 bits per heavy atom. The maximum Gasteiger partial charge on any atom is 0.269 e. The highest BCUT2D eigenvalue weighted by molar-refractivity contribution is 6.30. The first-order chi connectivity index (χ1) is 6.06. The van der Waals surface area contributed by atoms with Crippen LogP contribution in [0.25, 0.3) is 0 Å². The monoisotopic (exact) mass is 209 g/mol. The van der Waals surface area contributed by atoms with E-state index < -0.39 is 17.5 Å². The summed E-state index contributed by atoms with van der Waals surface area (Å²) in [7, 11) is 1.19. The van der Waals surface area contributed by atoms with Gasteiger partial charge in [0.2, 0.25) is 5.88 Å². The van der Waals surface area contributed by atoms with Crippen LogP contribution in [0.5, 0.6) is 5.88 Å².